The lowest BCUT2D eigenvalue weighted by atomic mass is 10.1. The third-order valence-corrected chi connectivity index (χ3v) is 3.36. The van der Waals surface area contributed by atoms with Gasteiger partial charge in [-0.3, -0.25) is 4.79 Å². The maximum Gasteiger partial charge on any atom is 0.257 e. The number of nitrogens with zero attached hydrogens (tertiary/aromatic N) is 1. The van der Waals surface area contributed by atoms with Crippen molar-refractivity contribution in [1.29, 1.82) is 0 Å². The van der Waals surface area contributed by atoms with Gasteiger partial charge in [-0.05, 0) is 39.3 Å². The maximum atomic E-state index is 12.4. The molecule has 0 aromatic heterocycles. The molecule has 1 aromatic rings. The molecule has 1 amide bonds. The molecule has 18 heavy (non-hydrogen) atoms. The van der Waals surface area contributed by atoms with E-state index < -0.39 is 0 Å². The Kier molecular flexibility index (Phi) is 5.66. The number of phenols is 1. The second kappa shape index (κ2) is 6.78. The molecular weight excluding hydrogens is 294 g/mol. The minimum atomic E-state index is -0.104. The molecule has 0 bridgehead atoms. The molecule has 1 rings (SSSR count). The van der Waals surface area contributed by atoms with E-state index in [9.17, 15) is 9.90 Å². The van der Waals surface area contributed by atoms with Crippen molar-refractivity contribution in [2.45, 2.75) is 33.2 Å². The van der Waals surface area contributed by atoms with Crippen LogP contribution in [0.1, 0.15) is 36.2 Å². The molecule has 0 aliphatic carbocycles. The second-order valence-corrected chi connectivity index (χ2v) is 5.45. The van der Waals surface area contributed by atoms with E-state index in [2.05, 4.69) is 15.9 Å². The molecule has 1 N–H and O–H groups in total. The molecule has 0 aliphatic heterocycles. The highest BCUT2D eigenvalue weighted by molar-refractivity contribution is 9.09. The fourth-order valence-electron chi connectivity index (χ4n) is 1.80. The normalized spacial score (nSPS) is 10.7. The summed E-state index contributed by atoms with van der Waals surface area (Å²) in [6.45, 7) is 6.57. The van der Waals surface area contributed by atoms with Crippen molar-refractivity contribution in [2.75, 3.05) is 11.9 Å². The molecule has 0 saturated heterocycles. The first kappa shape index (κ1) is 15.0. The van der Waals surface area contributed by atoms with Gasteiger partial charge in [-0.15, -0.1) is 0 Å². The fraction of sp³-hybridized carbons (Fsp3) is 0.500. The lowest BCUT2D eigenvalue weighted by Crippen LogP contribution is -2.38. The molecule has 0 spiro atoms. The summed E-state index contributed by atoms with van der Waals surface area (Å²) in [5.74, 6) is -0.0535. The Morgan fingerprint density at radius 2 is 2.11 bits per heavy atom. The largest absolute Gasteiger partial charge is 0.507 e. The van der Waals surface area contributed by atoms with Gasteiger partial charge in [0.05, 0.1) is 5.56 Å². The predicted octanol–water partition coefficient (Wildman–Crippen LogP) is 3.34. The standard InChI is InChI=1S/C14H20BrNO2/c1-10(2)16(8-4-7-15)14(18)12-9-11(3)5-6-13(12)17/h5-6,9-10,17H,4,7-8H2,1-3H3. The van der Waals surface area contributed by atoms with Gasteiger partial charge in [0.1, 0.15) is 5.75 Å². The summed E-state index contributed by atoms with van der Waals surface area (Å²) in [4.78, 5) is 14.2. The molecule has 0 aliphatic rings. The third-order valence-electron chi connectivity index (χ3n) is 2.80. The molecule has 0 heterocycles. The Bertz CT molecular complexity index is 418. The molecule has 1 aromatic carbocycles. The average Bonchev–Trinajstić information content (AvgIpc) is 2.32. The number of hydrogen-bond acceptors (Lipinski definition) is 2. The quantitative estimate of drug-likeness (QED) is 0.847. The summed E-state index contributed by atoms with van der Waals surface area (Å²) >= 11 is 3.37. The summed E-state index contributed by atoms with van der Waals surface area (Å²) in [6.07, 6.45) is 0.899. The number of carbonyl (C=O) groups is 1. The number of halogens is 1. The number of hydrogen-bond donors (Lipinski definition) is 1. The van der Waals surface area contributed by atoms with Crippen molar-refractivity contribution in [3.05, 3.63) is 29.3 Å². The number of carbonyl (C=O) groups excluding carboxylic acids is 1. The van der Waals surface area contributed by atoms with E-state index in [1.165, 1.54) is 0 Å². The Balaban J connectivity index is 2.98. The highest BCUT2D eigenvalue weighted by atomic mass is 79.9. The van der Waals surface area contributed by atoms with Gasteiger partial charge in [-0.25, -0.2) is 0 Å². The van der Waals surface area contributed by atoms with Crippen molar-refractivity contribution in [2.24, 2.45) is 0 Å². The van der Waals surface area contributed by atoms with Crippen molar-refractivity contribution in [3.63, 3.8) is 0 Å². The maximum absolute atomic E-state index is 12.4. The lowest BCUT2D eigenvalue weighted by Gasteiger charge is -2.27. The van der Waals surface area contributed by atoms with E-state index in [-0.39, 0.29) is 17.7 Å². The summed E-state index contributed by atoms with van der Waals surface area (Å²) < 4.78 is 0. The lowest BCUT2D eigenvalue weighted by molar-refractivity contribution is 0.0703. The van der Waals surface area contributed by atoms with Gasteiger partial charge in [0.25, 0.3) is 5.91 Å². The Morgan fingerprint density at radius 1 is 1.44 bits per heavy atom. The Hall–Kier alpha value is -1.03. The summed E-state index contributed by atoms with van der Waals surface area (Å²) in [5, 5.41) is 10.7. The van der Waals surface area contributed by atoms with Crippen LogP contribution in [-0.2, 0) is 0 Å². The number of amides is 1. The highest BCUT2D eigenvalue weighted by Crippen LogP contribution is 2.21. The number of phenolic OH excluding ortho intramolecular Hbond substituents is 1. The first-order chi connectivity index (χ1) is 8.47. The molecular formula is C14H20BrNO2. The van der Waals surface area contributed by atoms with Crippen LogP contribution in [-0.4, -0.2) is 33.8 Å². The van der Waals surface area contributed by atoms with Crippen molar-refractivity contribution in [3.8, 4) is 5.75 Å². The Morgan fingerprint density at radius 3 is 2.67 bits per heavy atom. The second-order valence-electron chi connectivity index (χ2n) is 4.66. The van der Waals surface area contributed by atoms with Crippen LogP contribution in [0.4, 0.5) is 0 Å². The van der Waals surface area contributed by atoms with Crippen molar-refractivity contribution >= 4 is 21.8 Å². The van der Waals surface area contributed by atoms with E-state index in [0.717, 1.165) is 17.3 Å². The van der Waals surface area contributed by atoms with Crippen LogP contribution in [0.3, 0.4) is 0 Å². The molecule has 100 valence electrons. The van der Waals surface area contributed by atoms with Crippen LogP contribution in [0, 0.1) is 6.92 Å². The predicted molar refractivity (Wildman–Crippen MR) is 77.4 cm³/mol. The molecule has 0 fully saturated rings. The summed E-state index contributed by atoms with van der Waals surface area (Å²) in [7, 11) is 0. The molecule has 3 nitrogen and oxygen atoms in total. The van der Waals surface area contributed by atoms with Gasteiger partial charge in [-0.1, -0.05) is 27.6 Å². The highest BCUT2D eigenvalue weighted by Gasteiger charge is 2.20. The number of alkyl halides is 1. The minimum Gasteiger partial charge on any atom is -0.507 e. The van der Waals surface area contributed by atoms with Crippen molar-refractivity contribution < 1.29 is 9.90 Å². The zero-order valence-electron chi connectivity index (χ0n) is 11.1. The SMILES string of the molecule is Cc1ccc(O)c(C(=O)N(CCCBr)C(C)C)c1. The third kappa shape index (κ3) is 3.73. The smallest absolute Gasteiger partial charge is 0.257 e. The number of aromatic hydroxyl groups is 1. The van der Waals surface area contributed by atoms with Crippen LogP contribution in [0.5, 0.6) is 5.75 Å². The topological polar surface area (TPSA) is 40.5 Å². The number of aryl methyl sites for hydroxylation is 1. The van der Waals surface area contributed by atoms with E-state index in [1.807, 2.05) is 20.8 Å². The zero-order chi connectivity index (χ0) is 13.7. The van der Waals surface area contributed by atoms with Gasteiger partial charge in [0.2, 0.25) is 0 Å². The zero-order valence-corrected chi connectivity index (χ0v) is 12.7. The number of benzene rings is 1. The van der Waals surface area contributed by atoms with Gasteiger partial charge in [-0.2, -0.15) is 0 Å². The fourth-order valence-corrected chi connectivity index (χ4v) is 2.05. The minimum absolute atomic E-state index is 0.0510. The first-order valence-electron chi connectivity index (χ1n) is 6.14. The summed E-state index contributed by atoms with van der Waals surface area (Å²) in [6, 6.07) is 5.23. The van der Waals surface area contributed by atoms with Crippen LogP contribution >= 0.6 is 15.9 Å². The van der Waals surface area contributed by atoms with Gasteiger partial charge in [0.15, 0.2) is 0 Å². The monoisotopic (exact) mass is 313 g/mol. The van der Waals surface area contributed by atoms with E-state index >= 15 is 0 Å². The van der Waals surface area contributed by atoms with Gasteiger partial charge >= 0.3 is 0 Å². The van der Waals surface area contributed by atoms with Crippen LogP contribution in [0.15, 0.2) is 18.2 Å². The molecule has 4 heteroatoms. The first-order valence-corrected chi connectivity index (χ1v) is 7.26. The van der Waals surface area contributed by atoms with Crippen molar-refractivity contribution in [1.82, 2.24) is 4.90 Å². The van der Waals surface area contributed by atoms with Gasteiger partial charge < -0.3 is 10.0 Å². The van der Waals surface area contributed by atoms with Crippen LogP contribution in [0.2, 0.25) is 0 Å². The number of rotatable bonds is 5. The van der Waals surface area contributed by atoms with E-state index in [1.54, 1.807) is 23.1 Å². The van der Waals surface area contributed by atoms with E-state index in [0.29, 0.717) is 12.1 Å². The molecule has 0 radical (unpaired) electrons. The van der Waals surface area contributed by atoms with Crippen LogP contribution in [0.25, 0.3) is 0 Å². The van der Waals surface area contributed by atoms with Crippen LogP contribution < -0.4 is 0 Å². The average molecular weight is 314 g/mol. The van der Waals surface area contributed by atoms with E-state index in [4.69, 9.17) is 0 Å². The van der Waals surface area contributed by atoms with Gasteiger partial charge in [0, 0.05) is 17.9 Å². The summed E-state index contributed by atoms with van der Waals surface area (Å²) in [5.41, 5.74) is 1.36. The molecule has 0 atom stereocenters. The molecule has 0 unspecified atom stereocenters. The Labute approximate surface area is 117 Å². The molecule has 0 saturated carbocycles.